The third kappa shape index (κ3) is 5.64. The van der Waals surface area contributed by atoms with Crippen LogP contribution in [0.4, 0.5) is 4.39 Å². The van der Waals surface area contributed by atoms with Gasteiger partial charge in [0.05, 0.1) is 24.2 Å². The zero-order valence-electron chi connectivity index (χ0n) is 22.9. The van der Waals surface area contributed by atoms with E-state index in [1.807, 2.05) is 61.5 Å². The minimum atomic E-state index is -0.287. The Balaban J connectivity index is 1.55. The van der Waals surface area contributed by atoms with E-state index in [4.69, 9.17) is 14.5 Å². The molecule has 7 heteroatoms. The summed E-state index contributed by atoms with van der Waals surface area (Å²) < 4.78 is 26.1. The first-order valence-corrected chi connectivity index (χ1v) is 13.1. The SMILES string of the molecule is COc1cc(C)c(-c2nc3ccccc3c(=O)n2N=Cc2cccc(OCc3ccc(F)cc3)c2)cc1C(C)C. The summed E-state index contributed by atoms with van der Waals surface area (Å²) in [7, 11) is 1.66. The second-order valence-electron chi connectivity index (χ2n) is 9.87. The van der Waals surface area contributed by atoms with Gasteiger partial charge < -0.3 is 9.47 Å². The molecule has 1 aromatic heterocycles. The molecule has 0 saturated heterocycles. The standard InChI is InChI=1S/C33H30FN3O3/c1-21(2)28-18-29(22(3)16-31(28)39-4)32-36-30-11-6-5-10-27(30)33(38)37(32)35-19-24-8-7-9-26(17-24)40-20-23-12-14-25(34)15-13-23/h5-19,21H,20H2,1-4H3. The van der Waals surface area contributed by atoms with Crippen LogP contribution in [0.3, 0.4) is 0 Å². The molecule has 0 saturated carbocycles. The number of hydrogen-bond donors (Lipinski definition) is 0. The predicted molar refractivity (Wildman–Crippen MR) is 157 cm³/mol. The normalized spacial score (nSPS) is 11.4. The zero-order valence-corrected chi connectivity index (χ0v) is 22.9. The molecule has 0 fully saturated rings. The molecular formula is C33H30FN3O3. The van der Waals surface area contributed by atoms with Crippen LogP contribution < -0.4 is 15.0 Å². The van der Waals surface area contributed by atoms with E-state index in [9.17, 15) is 9.18 Å². The fraction of sp³-hybridized carbons (Fsp3) is 0.182. The number of ether oxygens (including phenoxy) is 2. The topological polar surface area (TPSA) is 65.7 Å². The first-order valence-electron chi connectivity index (χ1n) is 13.1. The molecule has 5 rings (SSSR count). The van der Waals surface area contributed by atoms with Crippen molar-refractivity contribution in [2.75, 3.05) is 7.11 Å². The van der Waals surface area contributed by atoms with Crippen LogP contribution in [0.25, 0.3) is 22.3 Å². The average molecular weight is 536 g/mol. The first-order chi connectivity index (χ1) is 19.3. The maximum absolute atomic E-state index is 13.7. The van der Waals surface area contributed by atoms with E-state index in [2.05, 4.69) is 18.9 Å². The van der Waals surface area contributed by atoms with Gasteiger partial charge in [-0.2, -0.15) is 9.78 Å². The molecule has 1 heterocycles. The Hall–Kier alpha value is -4.78. The van der Waals surface area contributed by atoms with Gasteiger partial charge in [-0.1, -0.05) is 50.2 Å². The monoisotopic (exact) mass is 535 g/mol. The molecule has 0 unspecified atom stereocenters. The number of rotatable bonds is 8. The Morgan fingerprint density at radius 2 is 1.77 bits per heavy atom. The van der Waals surface area contributed by atoms with Gasteiger partial charge in [-0.05, 0) is 83.6 Å². The van der Waals surface area contributed by atoms with Gasteiger partial charge in [0.15, 0.2) is 5.82 Å². The largest absolute Gasteiger partial charge is 0.496 e. The third-order valence-electron chi connectivity index (χ3n) is 6.69. The molecule has 0 radical (unpaired) electrons. The maximum atomic E-state index is 13.7. The fourth-order valence-electron chi connectivity index (χ4n) is 4.53. The first kappa shape index (κ1) is 26.8. The Morgan fingerprint density at radius 1 is 1.00 bits per heavy atom. The molecule has 5 aromatic rings. The van der Waals surface area contributed by atoms with Crippen LogP contribution in [0.15, 0.2) is 94.8 Å². The molecule has 0 atom stereocenters. The molecule has 0 bridgehead atoms. The lowest BCUT2D eigenvalue weighted by Gasteiger charge is -2.17. The highest BCUT2D eigenvalue weighted by atomic mass is 19.1. The van der Waals surface area contributed by atoms with Crippen molar-refractivity contribution in [1.82, 2.24) is 9.66 Å². The molecule has 0 aliphatic rings. The van der Waals surface area contributed by atoms with Gasteiger partial charge in [0.1, 0.15) is 23.9 Å². The quantitative estimate of drug-likeness (QED) is 0.199. The third-order valence-corrected chi connectivity index (χ3v) is 6.69. The number of aryl methyl sites for hydroxylation is 1. The number of benzene rings is 4. The summed E-state index contributed by atoms with van der Waals surface area (Å²) in [6, 6.07) is 24.9. The Bertz CT molecular complexity index is 1760. The molecule has 0 spiro atoms. The molecule has 40 heavy (non-hydrogen) atoms. The minimum Gasteiger partial charge on any atom is -0.496 e. The highest BCUT2D eigenvalue weighted by Gasteiger charge is 2.18. The van der Waals surface area contributed by atoms with Crippen LogP contribution >= 0.6 is 0 Å². The molecule has 0 aliphatic heterocycles. The lowest BCUT2D eigenvalue weighted by Crippen LogP contribution is -2.20. The van der Waals surface area contributed by atoms with E-state index in [1.54, 1.807) is 31.5 Å². The number of methoxy groups -OCH3 is 1. The van der Waals surface area contributed by atoms with E-state index in [-0.39, 0.29) is 17.3 Å². The molecule has 0 aliphatic carbocycles. The van der Waals surface area contributed by atoms with Crippen molar-refractivity contribution < 1.29 is 13.9 Å². The summed E-state index contributed by atoms with van der Waals surface area (Å²) in [5.41, 5.74) is 4.69. The van der Waals surface area contributed by atoms with Gasteiger partial charge >= 0.3 is 0 Å². The number of hydrogen-bond acceptors (Lipinski definition) is 5. The van der Waals surface area contributed by atoms with Crippen LogP contribution in [-0.4, -0.2) is 23.0 Å². The van der Waals surface area contributed by atoms with Crippen LogP contribution in [-0.2, 0) is 6.61 Å². The molecule has 0 N–H and O–H groups in total. The van der Waals surface area contributed by atoms with Crippen molar-refractivity contribution in [3.63, 3.8) is 0 Å². The van der Waals surface area contributed by atoms with E-state index < -0.39 is 0 Å². The zero-order chi connectivity index (χ0) is 28.2. The second-order valence-corrected chi connectivity index (χ2v) is 9.87. The molecule has 202 valence electrons. The van der Waals surface area contributed by atoms with Crippen molar-refractivity contribution in [2.45, 2.75) is 33.3 Å². The fourth-order valence-corrected chi connectivity index (χ4v) is 4.53. The van der Waals surface area contributed by atoms with Crippen molar-refractivity contribution in [3.05, 3.63) is 123 Å². The maximum Gasteiger partial charge on any atom is 0.282 e. The van der Waals surface area contributed by atoms with E-state index >= 15 is 0 Å². The van der Waals surface area contributed by atoms with Gasteiger partial charge in [-0.3, -0.25) is 4.79 Å². The van der Waals surface area contributed by atoms with Gasteiger partial charge in [0, 0.05) is 5.56 Å². The second kappa shape index (κ2) is 11.5. The number of halogens is 1. The van der Waals surface area contributed by atoms with Crippen molar-refractivity contribution in [3.8, 4) is 22.9 Å². The average Bonchev–Trinajstić information content (AvgIpc) is 2.96. The Morgan fingerprint density at radius 3 is 2.52 bits per heavy atom. The summed E-state index contributed by atoms with van der Waals surface area (Å²) in [5.74, 6) is 1.80. The number of fused-ring (bicyclic) bond motifs is 1. The van der Waals surface area contributed by atoms with Crippen LogP contribution in [0.5, 0.6) is 11.5 Å². The van der Waals surface area contributed by atoms with Gasteiger partial charge in [-0.25, -0.2) is 9.37 Å². The predicted octanol–water partition coefficient (Wildman–Crippen LogP) is 7.10. The van der Waals surface area contributed by atoms with Crippen LogP contribution in [0, 0.1) is 12.7 Å². The van der Waals surface area contributed by atoms with Crippen molar-refractivity contribution in [2.24, 2.45) is 5.10 Å². The summed E-state index contributed by atoms with van der Waals surface area (Å²) >= 11 is 0. The lowest BCUT2D eigenvalue weighted by molar-refractivity contribution is 0.306. The molecular weight excluding hydrogens is 505 g/mol. The lowest BCUT2D eigenvalue weighted by atomic mass is 9.96. The summed E-state index contributed by atoms with van der Waals surface area (Å²) in [6.45, 7) is 6.47. The molecule has 4 aromatic carbocycles. The number of aromatic nitrogens is 2. The molecule has 6 nitrogen and oxygen atoms in total. The van der Waals surface area contributed by atoms with Crippen molar-refractivity contribution in [1.29, 1.82) is 0 Å². The summed E-state index contributed by atoms with van der Waals surface area (Å²) in [6.07, 6.45) is 1.62. The summed E-state index contributed by atoms with van der Waals surface area (Å²) in [5, 5.41) is 5.10. The van der Waals surface area contributed by atoms with Crippen LogP contribution in [0.1, 0.15) is 42.0 Å². The number of nitrogens with zero attached hydrogens (tertiary/aromatic N) is 3. The summed E-state index contributed by atoms with van der Waals surface area (Å²) in [4.78, 5) is 18.6. The van der Waals surface area contributed by atoms with Gasteiger partial charge in [0.2, 0.25) is 0 Å². The molecule has 0 amide bonds. The Labute approximate surface area is 232 Å². The van der Waals surface area contributed by atoms with E-state index in [0.717, 1.165) is 33.6 Å². The Kier molecular flexibility index (Phi) is 7.73. The highest BCUT2D eigenvalue weighted by Crippen LogP contribution is 2.34. The van der Waals surface area contributed by atoms with Crippen molar-refractivity contribution >= 4 is 17.1 Å². The smallest absolute Gasteiger partial charge is 0.282 e. The van der Waals surface area contributed by atoms with Gasteiger partial charge in [0.25, 0.3) is 5.56 Å². The number of para-hydroxylation sites is 1. The highest BCUT2D eigenvalue weighted by molar-refractivity contribution is 5.82. The van der Waals surface area contributed by atoms with Gasteiger partial charge in [-0.15, -0.1) is 0 Å². The van der Waals surface area contributed by atoms with Crippen LogP contribution in [0.2, 0.25) is 0 Å². The van der Waals surface area contributed by atoms with E-state index in [0.29, 0.717) is 29.1 Å². The minimum absolute atomic E-state index is 0.205. The van der Waals surface area contributed by atoms with E-state index in [1.165, 1.54) is 16.8 Å².